The van der Waals surface area contributed by atoms with Crippen molar-refractivity contribution >= 4 is 22.6 Å². The summed E-state index contributed by atoms with van der Waals surface area (Å²) in [4.78, 5) is 15.0. The third-order valence-electron chi connectivity index (χ3n) is 2.23. The zero-order valence-electron chi connectivity index (χ0n) is 8.90. The average molecular weight is 204 g/mol. The first kappa shape index (κ1) is 9.64. The Morgan fingerprint density at radius 2 is 2.27 bits per heavy atom. The maximum atomic E-state index is 10.9. The van der Waals surface area contributed by atoms with E-state index in [1.807, 2.05) is 20.0 Å². The van der Waals surface area contributed by atoms with Crippen LogP contribution in [0.5, 0.6) is 0 Å². The van der Waals surface area contributed by atoms with E-state index in [1.54, 1.807) is 10.9 Å². The molecular weight excluding hydrogens is 192 g/mol. The quantitative estimate of drug-likeness (QED) is 0.760. The van der Waals surface area contributed by atoms with Crippen molar-refractivity contribution in [3.05, 3.63) is 18.0 Å². The number of nitrogens with one attached hydrogen (secondary N) is 1. The zero-order chi connectivity index (χ0) is 11.0. The van der Waals surface area contributed by atoms with Gasteiger partial charge < -0.3 is 5.32 Å². The van der Waals surface area contributed by atoms with E-state index in [0.717, 1.165) is 16.6 Å². The molecule has 0 fully saturated rings. The van der Waals surface area contributed by atoms with E-state index in [1.165, 1.54) is 6.92 Å². The number of carbonyl (C=O) groups excluding carboxylic acids is 1. The van der Waals surface area contributed by atoms with Crippen LogP contribution in [-0.4, -0.2) is 20.7 Å². The van der Waals surface area contributed by atoms with E-state index in [0.29, 0.717) is 5.82 Å². The SMILES string of the molecule is CC(=O)Nc1cc2c(C)nn(C)c2cn1. The van der Waals surface area contributed by atoms with Gasteiger partial charge in [-0.25, -0.2) is 4.98 Å². The van der Waals surface area contributed by atoms with Crippen molar-refractivity contribution in [1.29, 1.82) is 0 Å². The van der Waals surface area contributed by atoms with Gasteiger partial charge in [0.2, 0.25) is 5.91 Å². The molecule has 78 valence electrons. The van der Waals surface area contributed by atoms with Gasteiger partial charge in [-0.3, -0.25) is 9.48 Å². The number of aromatic nitrogens is 3. The normalized spacial score (nSPS) is 10.6. The number of anilines is 1. The first-order valence-corrected chi connectivity index (χ1v) is 4.65. The average Bonchev–Trinajstić information content (AvgIpc) is 2.41. The standard InChI is InChI=1S/C10H12N4O/c1-6-8-4-10(12-7(2)15)11-5-9(8)14(3)13-6/h4-5H,1-3H3,(H,11,12,15). The van der Waals surface area contributed by atoms with Gasteiger partial charge in [-0.05, 0) is 13.0 Å². The van der Waals surface area contributed by atoms with E-state index in [4.69, 9.17) is 0 Å². The minimum absolute atomic E-state index is 0.122. The number of amides is 1. The third-order valence-corrected chi connectivity index (χ3v) is 2.23. The van der Waals surface area contributed by atoms with Crippen molar-refractivity contribution in [3.63, 3.8) is 0 Å². The van der Waals surface area contributed by atoms with Crippen molar-refractivity contribution in [3.8, 4) is 0 Å². The van der Waals surface area contributed by atoms with Crippen LogP contribution in [0.1, 0.15) is 12.6 Å². The molecule has 2 aromatic rings. The molecule has 2 heterocycles. The maximum absolute atomic E-state index is 10.9. The summed E-state index contributed by atoms with van der Waals surface area (Å²) in [7, 11) is 1.87. The minimum Gasteiger partial charge on any atom is -0.311 e. The van der Waals surface area contributed by atoms with Crippen LogP contribution in [0.3, 0.4) is 0 Å². The van der Waals surface area contributed by atoms with Crippen molar-refractivity contribution in [2.75, 3.05) is 5.32 Å². The smallest absolute Gasteiger partial charge is 0.222 e. The molecule has 0 aliphatic heterocycles. The Morgan fingerprint density at radius 1 is 1.53 bits per heavy atom. The fraction of sp³-hybridized carbons (Fsp3) is 0.300. The maximum Gasteiger partial charge on any atom is 0.222 e. The van der Waals surface area contributed by atoms with Crippen LogP contribution in [0.2, 0.25) is 0 Å². The molecule has 2 rings (SSSR count). The van der Waals surface area contributed by atoms with Crippen LogP contribution in [-0.2, 0) is 11.8 Å². The van der Waals surface area contributed by atoms with Gasteiger partial charge in [0.25, 0.3) is 0 Å². The van der Waals surface area contributed by atoms with E-state index < -0.39 is 0 Å². The van der Waals surface area contributed by atoms with Crippen LogP contribution >= 0.6 is 0 Å². The molecule has 1 N–H and O–H groups in total. The molecule has 15 heavy (non-hydrogen) atoms. The van der Waals surface area contributed by atoms with Crippen molar-refractivity contribution in [1.82, 2.24) is 14.8 Å². The monoisotopic (exact) mass is 204 g/mol. The Morgan fingerprint density at radius 3 is 2.93 bits per heavy atom. The van der Waals surface area contributed by atoms with Gasteiger partial charge in [-0.2, -0.15) is 5.10 Å². The fourth-order valence-corrected chi connectivity index (χ4v) is 1.58. The molecule has 0 saturated carbocycles. The highest BCUT2D eigenvalue weighted by Crippen LogP contribution is 2.19. The molecule has 1 amide bonds. The van der Waals surface area contributed by atoms with Gasteiger partial charge >= 0.3 is 0 Å². The van der Waals surface area contributed by atoms with Crippen LogP contribution in [0.15, 0.2) is 12.3 Å². The molecule has 5 nitrogen and oxygen atoms in total. The Hall–Kier alpha value is -1.91. The second kappa shape index (κ2) is 3.34. The lowest BCUT2D eigenvalue weighted by Gasteiger charge is -2.00. The summed E-state index contributed by atoms with van der Waals surface area (Å²) >= 11 is 0. The van der Waals surface area contributed by atoms with E-state index in [9.17, 15) is 4.79 Å². The molecule has 2 aromatic heterocycles. The molecule has 0 spiro atoms. The topological polar surface area (TPSA) is 59.8 Å². The number of rotatable bonds is 1. The lowest BCUT2D eigenvalue weighted by Crippen LogP contribution is -2.07. The molecule has 0 aliphatic carbocycles. The second-order valence-electron chi connectivity index (χ2n) is 3.48. The van der Waals surface area contributed by atoms with Crippen molar-refractivity contribution in [2.45, 2.75) is 13.8 Å². The molecule has 5 heteroatoms. The predicted molar refractivity (Wildman–Crippen MR) is 57.5 cm³/mol. The molecule has 0 saturated heterocycles. The number of hydrogen-bond acceptors (Lipinski definition) is 3. The number of aryl methyl sites for hydroxylation is 2. The molecule has 0 radical (unpaired) electrons. The number of carbonyl (C=O) groups is 1. The Bertz CT molecular complexity index is 529. The molecular formula is C10H12N4O. The van der Waals surface area contributed by atoms with Gasteiger partial charge in [0.05, 0.1) is 17.4 Å². The summed E-state index contributed by atoms with van der Waals surface area (Å²) < 4.78 is 1.77. The summed E-state index contributed by atoms with van der Waals surface area (Å²) in [6.45, 7) is 3.39. The molecule has 0 aliphatic rings. The highest BCUT2D eigenvalue weighted by atomic mass is 16.1. The van der Waals surface area contributed by atoms with Crippen LogP contribution < -0.4 is 5.32 Å². The van der Waals surface area contributed by atoms with Crippen molar-refractivity contribution < 1.29 is 4.79 Å². The van der Waals surface area contributed by atoms with E-state index >= 15 is 0 Å². The highest BCUT2D eigenvalue weighted by molar-refractivity contribution is 5.91. The van der Waals surface area contributed by atoms with Gasteiger partial charge in [-0.1, -0.05) is 0 Å². The predicted octanol–water partition coefficient (Wildman–Crippen LogP) is 1.24. The van der Waals surface area contributed by atoms with Gasteiger partial charge in [0.15, 0.2) is 0 Å². The summed E-state index contributed by atoms with van der Waals surface area (Å²) in [6.07, 6.45) is 1.71. The van der Waals surface area contributed by atoms with Gasteiger partial charge in [-0.15, -0.1) is 0 Å². The second-order valence-corrected chi connectivity index (χ2v) is 3.48. The third kappa shape index (κ3) is 1.68. The largest absolute Gasteiger partial charge is 0.311 e. The molecule has 0 aromatic carbocycles. The first-order chi connectivity index (χ1) is 7.08. The Labute approximate surface area is 87.1 Å². The molecule has 0 unspecified atom stereocenters. The molecule has 0 bridgehead atoms. The number of nitrogens with zero attached hydrogens (tertiary/aromatic N) is 3. The van der Waals surface area contributed by atoms with E-state index in [-0.39, 0.29) is 5.91 Å². The minimum atomic E-state index is -0.122. The van der Waals surface area contributed by atoms with E-state index in [2.05, 4.69) is 15.4 Å². The number of fused-ring (bicyclic) bond motifs is 1. The number of pyridine rings is 1. The molecule has 0 atom stereocenters. The highest BCUT2D eigenvalue weighted by Gasteiger charge is 2.06. The van der Waals surface area contributed by atoms with Crippen LogP contribution in [0, 0.1) is 6.92 Å². The summed E-state index contributed by atoms with van der Waals surface area (Å²) in [5.41, 5.74) is 1.89. The van der Waals surface area contributed by atoms with Gasteiger partial charge in [0.1, 0.15) is 5.82 Å². The summed E-state index contributed by atoms with van der Waals surface area (Å²) in [5, 5.41) is 7.93. The van der Waals surface area contributed by atoms with Crippen LogP contribution in [0.4, 0.5) is 5.82 Å². The first-order valence-electron chi connectivity index (χ1n) is 4.65. The lowest BCUT2D eigenvalue weighted by molar-refractivity contribution is -0.114. The fourth-order valence-electron chi connectivity index (χ4n) is 1.58. The Kier molecular flexibility index (Phi) is 2.15. The number of hydrogen-bond donors (Lipinski definition) is 1. The van der Waals surface area contributed by atoms with Gasteiger partial charge in [0, 0.05) is 19.4 Å². The Balaban J connectivity index is 2.55. The zero-order valence-corrected chi connectivity index (χ0v) is 8.90. The lowest BCUT2D eigenvalue weighted by atomic mass is 10.2. The van der Waals surface area contributed by atoms with Crippen molar-refractivity contribution in [2.24, 2.45) is 7.05 Å². The van der Waals surface area contributed by atoms with Crippen LogP contribution in [0.25, 0.3) is 10.9 Å². The summed E-state index contributed by atoms with van der Waals surface area (Å²) in [5.74, 6) is 0.439. The summed E-state index contributed by atoms with van der Waals surface area (Å²) in [6, 6.07) is 1.83.